The maximum Gasteiger partial charge on any atom is 0.175 e. The van der Waals surface area contributed by atoms with Gasteiger partial charge in [0.25, 0.3) is 0 Å². The molecule has 4 rings (SSSR count). The normalized spacial score (nSPS) is 13.6. The zero-order valence-corrected chi connectivity index (χ0v) is 15.5. The number of aryl methyl sites for hydroxylation is 1. The lowest BCUT2D eigenvalue weighted by Crippen LogP contribution is -2.05. The Morgan fingerprint density at radius 1 is 1.24 bits per heavy atom. The monoisotopic (exact) mass is 366 g/mol. The molecule has 0 radical (unpaired) electrons. The molecule has 1 aliphatic rings. The first-order chi connectivity index (χ1) is 12.3. The molecule has 3 aromatic rings. The molecule has 0 saturated heterocycles. The van der Waals surface area contributed by atoms with Crippen molar-refractivity contribution >= 4 is 50.3 Å². The van der Waals surface area contributed by atoms with Gasteiger partial charge in [0.05, 0.1) is 11.4 Å². The molecule has 1 N–H and O–H groups in total. The number of Topliss-reactive ketones (excluding diaryl/α,β-unsaturated/α-hetero) is 1. The third-order valence-electron chi connectivity index (χ3n) is 4.36. The van der Waals surface area contributed by atoms with Gasteiger partial charge in [0.1, 0.15) is 4.38 Å². The van der Waals surface area contributed by atoms with Gasteiger partial charge in [-0.1, -0.05) is 66.8 Å². The summed E-state index contributed by atoms with van der Waals surface area (Å²) in [6, 6.07) is 14.3. The number of carbonyl (C=O) groups excluding carboxylic acids is 1. The number of aromatic amines is 1. The number of rotatable bonds is 4. The number of benzene rings is 2. The summed E-state index contributed by atoms with van der Waals surface area (Å²) in [6.07, 6.45) is 2.80. The number of nitrogens with zero attached hydrogens (tertiary/aromatic N) is 1. The van der Waals surface area contributed by atoms with Crippen LogP contribution in [0, 0.1) is 0 Å². The largest absolute Gasteiger partial charge is 0.360 e. The molecular weight excluding hydrogens is 348 g/mol. The van der Waals surface area contributed by atoms with Crippen molar-refractivity contribution in [3.63, 3.8) is 0 Å². The van der Waals surface area contributed by atoms with Crippen molar-refractivity contribution in [1.82, 2.24) is 4.98 Å². The van der Waals surface area contributed by atoms with E-state index in [2.05, 4.69) is 29.0 Å². The van der Waals surface area contributed by atoms with E-state index in [9.17, 15) is 4.79 Å². The molecule has 1 aromatic heterocycles. The van der Waals surface area contributed by atoms with E-state index < -0.39 is 0 Å². The molecule has 0 amide bonds. The first-order valence-electron chi connectivity index (χ1n) is 8.30. The zero-order chi connectivity index (χ0) is 17.2. The molecule has 126 valence electrons. The summed E-state index contributed by atoms with van der Waals surface area (Å²) < 4.78 is 0.973. The fraction of sp³-hybridized carbons (Fsp3) is 0.200. The number of H-pyrrole nitrogens is 1. The second-order valence-electron chi connectivity index (χ2n) is 5.90. The molecule has 5 heteroatoms. The van der Waals surface area contributed by atoms with Crippen LogP contribution in [0.3, 0.4) is 0 Å². The average Bonchev–Trinajstić information content (AvgIpc) is 3.10. The molecule has 1 aliphatic heterocycles. The van der Waals surface area contributed by atoms with Crippen LogP contribution in [0.2, 0.25) is 0 Å². The number of aliphatic imine (C=N–C) groups is 1. The van der Waals surface area contributed by atoms with Gasteiger partial charge in [-0.25, -0.2) is 4.99 Å². The highest BCUT2D eigenvalue weighted by atomic mass is 32.2. The summed E-state index contributed by atoms with van der Waals surface area (Å²) in [5, 5.41) is 1.02. The van der Waals surface area contributed by atoms with E-state index in [1.807, 2.05) is 36.5 Å². The Morgan fingerprint density at radius 2 is 2.12 bits per heavy atom. The molecule has 25 heavy (non-hydrogen) atoms. The molecule has 0 atom stereocenters. The number of fused-ring (bicyclic) bond motifs is 2. The summed E-state index contributed by atoms with van der Waals surface area (Å²) in [5.41, 5.74) is 5.38. The lowest BCUT2D eigenvalue weighted by molar-refractivity contribution is 0.102. The molecule has 0 aliphatic carbocycles. The van der Waals surface area contributed by atoms with Gasteiger partial charge in [-0.3, -0.25) is 4.79 Å². The van der Waals surface area contributed by atoms with Crippen molar-refractivity contribution in [2.45, 2.75) is 19.1 Å². The average molecular weight is 367 g/mol. The molecular formula is C20H18N2OS2. The Bertz CT molecular complexity index is 975. The Morgan fingerprint density at radius 3 is 3.00 bits per heavy atom. The molecule has 2 heterocycles. The Labute approximate surface area is 155 Å². The second kappa shape index (κ2) is 7.10. The second-order valence-corrected chi connectivity index (χ2v) is 8.09. The predicted molar refractivity (Wildman–Crippen MR) is 109 cm³/mol. The maximum absolute atomic E-state index is 12.7. The van der Waals surface area contributed by atoms with Crippen LogP contribution in [-0.2, 0) is 12.2 Å². The highest BCUT2D eigenvalue weighted by Crippen LogP contribution is 2.35. The summed E-state index contributed by atoms with van der Waals surface area (Å²) in [6.45, 7) is 2.13. The van der Waals surface area contributed by atoms with E-state index >= 15 is 0 Å². The summed E-state index contributed by atoms with van der Waals surface area (Å²) in [5.74, 6) is 1.48. The van der Waals surface area contributed by atoms with Crippen LogP contribution >= 0.6 is 23.5 Å². The van der Waals surface area contributed by atoms with Gasteiger partial charge < -0.3 is 4.98 Å². The third kappa shape index (κ3) is 3.26. The molecule has 0 unspecified atom stereocenters. The van der Waals surface area contributed by atoms with Crippen LogP contribution in [0.5, 0.6) is 0 Å². The molecule has 0 fully saturated rings. The van der Waals surface area contributed by atoms with Crippen molar-refractivity contribution in [2.75, 3.05) is 5.75 Å². The number of hydrogen-bond donors (Lipinski definition) is 1. The highest BCUT2D eigenvalue weighted by Gasteiger charge is 2.17. The van der Waals surface area contributed by atoms with Crippen LogP contribution in [0.25, 0.3) is 10.9 Å². The van der Waals surface area contributed by atoms with Gasteiger partial charge in [0.2, 0.25) is 0 Å². The molecule has 2 aromatic carbocycles. The number of ketones is 1. The fourth-order valence-electron chi connectivity index (χ4n) is 3.03. The van der Waals surface area contributed by atoms with E-state index in [1.54, 1.807) is 11.8 Å². The van der Waals surface area contributed by atoms with Crippen molar-refractivity contribution in [1.29, 1.82) is 0 Å². The number of hydrogen-bond acceptors (Lipinski definition) is 4. The lowest BCUT2D eigenvalue weighted by Gasteiger charge is -2.13. The molecule has 3 nitrogen and oxygen atoms in total. The van der Waals surface area contributed by atoms with E-state index in [-0.39, 0.29) is 5.78 Å². The van der Waals surface area contributed by atoms with Gasteiger partial charge in [-0.05, 0) is 23.6 Å². The number of thioether (sulfide) groups is 2. The molecule has 0 bridgehead atoms. The van der Waals surface area contributed by atoms with Gasteiger partial charge in [-0.15, -0.1) is 0 Å². The quantitative estimate of drug-likeness (QED) is 0.613. The van der Waals surface area contributed by atoms with Gasteiger partial charge >= 0.3 is 0 Å². The smallest absolute Gasteiger partial charge is 0.175 e. The first-order valence-corrected chi connectivity index (χ1v) is 10.3. The maximum atomic E-state index is 12.7. The van der Waals surface area contributed by atoms with Crippen molar-refractivity contribution in [3.05, 3.63) is 65.4 Å². The van der Waals surface area contributed by atoms with Crippen LogP contribution in [0.15, 0.2) is 53.7 Å². The minimum atomic E-state index is 0.145. The van der Waals surface area contributed by atoms with E-state index in [0.717, 1.165) is 38.7 Å². The van der Waals surface area contributed by atoms with Gasteiger partial charge in [0.15, 0.2) is 5.78 Å². The van der Waals surface area contributed by atoms with E-state index in [0.29, 0.717) is 5.75 Å². The Balaban J connectivity index is 1.51. The fourth-order valence-corrected chi connectivity index (χ4v) is 4.98. The minimum Gasteiger partial charge on any atom is -0.360 e. The van der Waals surface area contributed by atoms with E-state index in [1.165, 1.54) is 22.9 Å². The Kier molecular flexibility index (Phi) is 4.68. The topological polar surface area (TPSA) is 45.2 Å². The van der Waals surface area contributed by atoms with Crippen LogP contribution in [0.4, 0.5) is 5.69 Å². The zero-order valence-electron chi connectivity index (χ0n) is 13.9. The number of nitrogens with one attached hydrogen (secondary N) is 1. The predicted octanol–water partition coefficient (Wildman–Crippen LogP) is 5.58. The number of carbonyl (C=O) groups is 1. The molecule has 0 saturated carbocycles. The Hall–Kier alpha value is -1.98. The summed E-state index contributed by atoms with van der Waals surface area (Å²) >= 11 is 3.24. The van der Waals surface area contributed by atoms with Gasteiger partial charge in [-0.2, -0.15) is 0 Å². The molecule has 0 spiro atoms. The standard InChI is InChI=1S/C20H18N2OS2/c1-2-13-7-5-8-15-16(10-21-19(13)15)18(23)12-25-20-22-17-9-4-3-6-14(17)11-24-20/h3-10,21H,2,11-12H2,1H3. The first kappa shape index (κ1) is 16.5. The van der Waals surface area contributed by atoms with Crippen molar-refractivity contribution in [2.24, 2.45) is 4.99 Å². The summed E-state index contributed by atoms with van der Waals surface area (Å²) in [7, 11) is 0. The number of aromatic nitrogens is 1. The lowest BCUT2D eigenvalue weighted by atomic mass is 10.1. The van der Waals surface area contributed by atoms with E-state index in [4.69, 9.17) is 0 Å². The number of para-hydroxylation sites is 2. The SMILES string of the molecule is CCc1cccc2c(C(=O)CSC3=Nc4ccccc4CS3)c[nH]c12. The van der Waals surface area contributed by atoms with Crippen LogP contribution in [-0.4, -0.2) is 20.9 Å². The van der Waals surface area contributed by atoms with Crippen LogP contribution in [0.1, 0.15) is 28.4 Å². The minimum absolute atomic E-state index is 0.145. The third-order valence-corrected chi connectivity index (χ3v) is 6.61. The van der Waals surface area contributed by atoms with Crippen LogP contribution < -0.4 is 0 Å². The van der Waals surface area contributed by atoms with Gasteiger partial charge in [0, 0.05) is 28.4 Å². The highest BCUT2D eigenvalue weighted by molar-refractivity contribution is 8.38. The summed E-state index contributed by atoms with van der Waals surface area (Å²) in [4.78, 5) is 20.6. The van der Waals surface area contributed by atoms with Crippen molar-refractivity contribution < 1.29 is 4.79 Å². The van der Waals surface area contributed by atoms with Crippen molar-refractivity contribution in [3.8, 4) is 0 Å².